The van der Waals surface area contributed by atoms with Crippen LogP contribution >= 0.6 is 0 Å². The molecule has 0 aliphatic carbocycles. The number of aryl methyl sites for hydroxylation is 1. The van der Waals surface area contributed by atoms with Gasteiger partial charge in [-0.3, -0.25) is 4.79 Å². The van der Waals surface area contributed by atoms with Gasteiger partial charge >= 0.3 is 0 Å². The van der Waals surface area contributed by atoms with Crippen molar-refractivity contribution in [3.63, 3.8) is 0 Å². The Morgan fingerprint density at radius 2 is 2.12 bits per heavy atom. The number of halogens is 1. The number of rotatable bonds is 2. The maximum Gasteiger partial charge on any atom is 0.268 e. The van der Waals surface area contributed by atoms with Crippen molar-refractivity contribution in [2.24, 2.45) is 7.05 Å². The van der Waals surface area contributed by atoms with Gasteiger partial charge in [-0.15, -0.1) is 0 Å². The standard InChI is InChI=1S/C13H15FN2O/c1-8(2)15-13(17)12-7-9-10(14)5-4-6-11(9)16(12)3/h4-8H,1-3H3,(H,15,17). The lowest BCUT2D eigenvalue weighted by atomic mass is 10.2. The summed E-state index contributed by atoms with van der Waals surface area (Å²) in [4.78, 5) is 11.9. The first-order chi connectivity index (χ1) is 8.00. The molecule has 1 amide bonds. The Bertz CT molecular complexity index is 572. The summed E-state index contributed by atoms with van der Waals surface area (Å²) >= 11 is 0. The van der Waals surface area contributed by atoms with Crippen LogP contribution in [0.3, 0.4) is 0 Å². The van der Waals surface area contributed by atoms with Gasteiger partial charge in [-0.1, -0.05) is 6.07 Å². The highest BCUT2D eigenvalue weighted by Crippen LogP contribution is 2.21. The van der Waals surface area contributed by atoms with E-state index >= 15 is 0 Å². The molecule has 1 heterocycles. The van der Waals surface area contributed by atoms with Gasteiger partial charge in [0, 0.05) is 18.5 Å². The fourth-order valence-corrected chi connectivity index (χ4v) is 1.88. The van der Waals surface area contributed by atoms with E-state index in [0.717, 1.165) is 5.52 Å². The first-order valence-corrected chi connectivity index (χ1v) is 5.55. The zero-order valence-corrected chi connectivity index (χ0v) is 10.1. The quantitative estimate of drug-likeness (QED) is 0.851. The molecule has 0 aliphatic rings. The lowest BCUT2D eigenvalue weighted by molar-refractivity contribution is 0.0935. The summed E-state index contributed by atoms with van der Waals surface area (Å²) in [7, 11) is 1.76. The van der Waals surface area contributed by atoms with Crippen molar-refractivity contribution in [2.75, 3.05) is 0 Å². The van der Waals surface area contributed by atoms with Crippen molar-refractivity contribution < 1.29 is 9.18 Å². The van der Waals surface area contributed by atoms with Crippen LogP contribution in [0.5, 0.6) is 0 Å². The second-order valence-corrected chi connectivity index (χ2v) is 4.39. The molecule has 90 valence electrons. The van der Waals surface area contributed by atoms with Crippen molar-refractivity contribution >= 4 is 16.8 Å². The van der Waals surface area contributed by atoms with Gasteiger partial charge in [-0.2, -0.15) is 0 Å². The largest absolute Gasteiger partial charge is 0.349 e. The molecule has 0 radical (unpaired) electrons. The summed E-state index contributed by atoms with van der Waals surface area (Å²) in [5.74, 6) is -0.486. The van der Waals surface area contributed by atoms with Crippen molar-refractivity contribution in [1.82, 2.24) is 9.88 Å². The van der Waals surface area contributed by atoms with Crippen LogP contribution in [0.25, 0.3) is 10.9 Å². The smallest absolute Gasteiger partial charge is 0.268 e. The molecule has 0 aliphatic heterocycles. The van der Waals surface area contributed by atoms with Crippen LogP contribution in [0.4, 0.5) is 4.39 Å². The van der Waals surface area contributed by atoms with Crippen LogP contribution in [0.2, 0.25) is 0 Å². The van der Waals surface area contributed by atoms with Gasteiger partial charge in [-0.05, 0) is 32.0 Å². The van der Waals surface area contributed by atoms with E-state index in [1.165, 1.54) is 6.07 Å². The Morgan fingerprint density at radius 3 is 2.71 bits per heavy atom. The van der Waals surface area contributed by atoms with E-state index < -0.39 is 0 Å². The monoisotopic (exact) mass is 234 g/mol. The van der Waals surface area contributed by atoms with E-state index in [4.69, 9.17) is 0 Å². The molecule has 0 saturated carbocycles. The van der Waals surface area contributed by atoms with Gasteiger partial charge in [0.15, 0.2) is 0 Å². The van der Waals surface area contributed by atoms with E-state index in [9.17, 15) is 9.18 Å². The molecule has 0 unspecified atom stereocenters. The zero-order valence-electron chi connectivity index (χ0n) is 10.1. The Balaban J connectivity index is 2.52. The molecular weight excluding hydrogens is 219 g/mol. The van der Waals surface area contributed by atoms with E-state index in [1.54, 1.807) is 29.8 Å². The second kappa shape index (κ2) is 4.20. The van der Waals surface area contributed by atoms with E-state index in [1.807, 2.05) is 13.8 Å². The SMILES string of the molecule is CC(C)NC(=O)c1cc2c(F)cccc2n1C. The van der Waals surface area contributed by atoms with Gasteiger partial charge in [-0.25, -0.2) is 4.39 Å². The predicted octanol–water partition coefficient (Wildman–Crippen LogP) is 2.46. The highest BCUT2D eigenvalue weighted by atomic mass is 19.1. The first-order valence-electron chi connectivity index (χ1n) is 5.55. The third-order valence-corrected chi connectivity index (χ3v) is 2.69. The predicted molar refractivity (Wildman–Crippen MR) is 65.5 cm³/mol. The van der Waals surface area contributed by atoms with E-state index in [-0.39, 0.29) is 17.8 Å². The van der Waals surface area contributed by atoms with Gasteiger partial charge in [0.1, 0.15) is 11.5 Å². The highest BCUT2D eigenvalue weighted by molar-refractivity contribution is 5.98. The summed E-state index contributed by atoms with van der Waals surface area (Å²) in [6.07, 6.45) is 0. The molecule has 1 aromatic carbocycles. The minimum atomic E-state index is -0.304. The normalized spacial score (nSPS) is 11.1. The summed E-state index contributed by atoms with van der Waals surface area (Å²) in [6, 6.07) is 6.48. The van der Waals surface area contributed by atoms with Crippen LogP contribution < -0.4 is 5.32 Å². The molecule has 4 heteroatoms. The Labute approximate surface area is 99.2 Å². The van der Waals surface area contributed by atoms with Crippen LogP contribution in [0.1, 0.15) is 24.3 Å². The summed E-state index contributed by atoms with van der Waals surface area (Å²) in [5.41, 5.74) is 1.19. The van der Waals surface area contributed by atoms with Gasteiger partial charge < -0.3 is 9.88 Å². The number of nitrogens with zero attached hydrogens (tertiary/aromatic N) is 1. The molecule has 0 saturated heterocycles. The fourth-order valence-electron chi connectivity index (χ4n) is 1.88. The molecule has 2 aromatic rings. The van der Waals surface area contributed by atoms with Gasteiger partial charge in [0.05, 0.1) is 5.52 Å². The highest BCUT2D eigenvalue weighted by Gasteiger charge is 2.15. The number of hydrogen-bond acceptors (Lipinski definition) is 1. The van der Waals surface area contributed by atoms with Gasteiger partial charge in [0.2, 0.25) is 0 Å². The van der Waals surface area contributed by atoms with Crippen LogP contribution in [-0.4, -0.2) is 16.5 Å². The molecule has 1 N–H and O–H groups in total. The minimum absolute atomic E-state index is 0.0605. The van der Waals surface area contributed by atoms with E-state index in [0.29, 0.717) is 11.1 Å². The number of nitrogens with one attached hydrogen (secondary N) is 1. The number of aromatic nitrogens is 1. The summed E-state index contributed by atoms with van der Waals surface area (Å²) < 4.78 is 15.3. The third kappa shape index (κ3) is 2.02. The molecular formula is C13H15FN2O. The molecule has 0 fully saturated rings. The molecule has 1 aromatic heterocycles. The topological polar surface area (TPSA) is 34.0 Å². The number of fused-ring (bicyclic) bond motifs is 1. The number of benzene rings is 1. The second-order valence-electron chi connectivity index (χ2n) is 4.39. The van der Waals surface area contributed by atoms with E-state index in [2.05, 4.69) is 5.32 Å². The first kappa shape index (κ1) is 11.6. The van der Waals surface area contributed by atoms with Crippen molar-refractivity contribution in [3.8, 4) is 0 Å². The molecule has 17 heavy (non-hydrogen) atoms. The third-order valence-electron chi connectivity index (χ3n) is 2.69. The average Bonchev–Trinajstić information content (AvgIpc) is 2.57. The lowest BCUT2D eigenvalue weighted by Gasteiger charge is -2.08. The zero-order chi connectivity index (χ0) is 12.6. The van der Waals surface area contributed by atoms with Crippen molar-refractivity contribution in [2.45, 2.75) is 19.9 Å². The average molecular weight is 234 g/mol. The molecule has 0 bridgehead atoms. The fraction of sp³-hybridized carbons (Fsp3) is 0.308. The van der Waals surface area contributed by atoms with Crippen molar-refractivity contribution in [1.29, 1.82) is 0 Å². The molecule has 0 spiro atoms. The Kier molecular flexibility index (Phi) is 2.88. The number of amides is 1. The summed E-state index contributed by atoms with van der Waals surface area (Å²) in [5, 5.41) is 3.27. The summed E-state index contributed by atoms with van der Waals surface area (Å²) in [6.45, 7) is 3.78. The number of hydrogen-bond donors (Lipinski definition) is 1. The lowest BCUT2D eigenvalue weighted by Crippen LogP contribution is -2.31. The number of carbonyl (C=O) groups is 1. The maximum absolute atomic E-state index is 13.6. The van der Waals surface area contributed by atoms with Crippen molar-refractivity contribution in [3.05, 3.63) is 35.8 Å². The molecule has 2 rings (SSSR count). The molecule has 3 nitrogen and oxygen atoms in total. The maximum atomic E-state index is 13.6. The van der Waals surface area contributed by atoms with Crippen LogP contribution in [0.15, 0.2) is 24.3 Å². The Hall–Kier alpha value is -1.84. The number of carbonyl (C=O) groups excluding carboxylic acids is 1. The minimum Gasteiger partial charge on any atom is -0.349 e. The van der Waals surface area contributed by atoms with Crippen LogP contribution in [0, 0.1) is 5.82 Å². The Morgan fingerprint density at radius 1 is 1.41 bits per heavy atom. The van der Waals surface area contributed by atoms with Gasteiger partial charge in [0.25, 0.3) is 5.91 Å². The molecule has 0 atom stereocenters. The van der Waals surface area contributed by atoms with Crippen LogP contribution in [-0.2, 0) is 7.05 Å².